The van der Waals surface area contributed by atoms with Gasteiger partial charge in [0.15, 0.2) is 0 Å². The number of fused-ring (bicyclic) bond motifs is 1. The lowest BCUT2D eigenvalue weighted by molar-refractivity contribution is 0.168. The molecule has 0 spiro atoms. The topological polar surface area (TPSA) is 32.3 Å². The lowest BCUT2D eigenvalue weighted by Gasteiger charge is -2.20. The van der Waals surface area contributed by atoms with E-state index in [1.807, 2.05) is 6.92 Å². The number of hydrogen-bond acceptors (Lipinski definition) is 2. The lowest BCUT2D eigenvalue weighted by atomic mass is 10.1. The molecule has 0 bridgehead atoms. The van der Waals surface area contributed by atoms with Crippen LogP contribution in [0.15, 0.2) is 24.3 Å². The molecule has 1 aliphatic carbocycles. The van der Waals surface area contributed by atoms with Gasteiger partial charge in [0.05, 0.1) is 6.10 Å². The van der Waals surface area contributed by atoms with Crippen molar-refractivity contribution in [3.05, 3.63) is 35.4 Å². The highest BCUT2D eigenvalue weighted by Crippen LogP contribution is 2.22. The van der Waals surface area contributed by atoms with Crippen molar-refractivity contribution >= 4 is 0 Å². The van der Waals surface area contributed by atoms with Crippen LogP contribution in [0.4, 0.5) is 0 Å². The Bertz CT molecular complexity index is 323. The van der Waals surface area contributed by atoms with E-state index in [1.54, 1.807) is 0 Å². The number of nitrogens with one attached hydrogen (secondary N) is 1. The first kappa shape index (κ1) is 11.6. The number of aliphatic hydroxyl groups excluding tert-OH is 1. The first-order valence-electron chi connectivity index (χ1n) is 6.16. The van der Waals surface area contributed by atoms with Gasteiger partial charge in [-0.3, -0.25) is 0 Å². The van der Waals surface area contributed by atoms with Gasteiger partial charge in [0.1, 0.15) is 0 Å². The number of aliphatic hydroxyl groups is 1. The van der Waals surface area contributed by atoms with Gasteiger partial charge in [-0.15, -0.1) is 0 Å². The van der Waals surface area contributed by atoms with Crippen molar-refractivity contribution in [2.45, 2.75) is 51.3 Å². The molecule has 0 saturated heterocycles. The maximum atomic E-state index is 9.33. The molecule has 2 N–H and O–H groups in total. The van der Waals surface area contributed by atoms with Crippen LogP contribution in [0.1, 0.15) is 31.4 Å². The molecule has 2 rings (SSSR count). The molecule has 0 heterocycles. The van der Waals surface area contributed by atoms with Gasteiger partial charge in [0, 0.05) is 12.1 Å². The molecule has 1 aliphatic rings. The normalized spacial score (nSPS) is 19.4. The third kappa shape index (κ3) is 2.83. The third-order valence-electron chi connectivity index (χ3n) is 3.27. The molecule has 2 atom stereocenters. The Labute approximate surface area is 97.7 Å². The largest absolute Gasteiger partial charge is 0.393 e. The Kier molecular flexibility index (Phi) is 3.62. The minimum atomic E-state index is -0.216. The maximum Gasteiger partial charge on any atom is 0.0526 e. The molecule has 1 aromatic carbocycles. The summed E-state index contributed by atoms with van der Waals surface area (Å²) in [5.74, 6) is 0. The Morgan fingerprint density at radius 1 is 1.25 bits per heavy atom. The van der Waals surface area contributed by atoms with E-state index >= 15 is 0 Å². The molecule has 0 aromatic heterocycles. The molecule has 88 valence electrons. The molecule has 0 amide bonds. The first-order chi connectivity index (χ1) is 7.65. The summed E-state index contributed by atoms with van der Waals surface area (Å²) < 4.78 is 0. The SMILES string of the molecule is CC(O)CC(C)NC1Cc2ccccc2C1. The fourth-order valence-corrected chi connectivity index (χ4v) is 2.66. The van der Waals surface area contributed by atoms with E-state index in [9.17, 15) is 5.11 Å². The van der Waals surface area contributed by atoms with Crippen LogP contribution < -0.4 is 5.32 Å². The summed E-state index contributed by atoms with van der Waals surface area (Å²) >= 11 is 0. The van der Waals surface area contributed by atoms with E-state index in [2.05, 4.69) is 36.5 Å². The monoisotopic (exact) mass is 219 g/mol. The van der Waals surface area contributed by atoms with Crippen molar-refractivity contribution < 1.29 is 5.11 Å². The fourth-order valence-electron chi connectivity index (χ4n) is 2.66. The Balaban J connectivity index is 1.87. The Morgan fingerprint density at radius 3 is 2.31 bits per heavy atom. The van der Waals surface area contributed by atoms with Crippen molar-refractivity contribution in [3.63, 3.8) is 0 Å². The predicted molar refractivity (Wildman–Crippen MR) is 66.5 cm³/mol. The fraction of sp³-hybridized carbons (Fsp3) is 0.571. The summed E-state index contributed by atoms with van der Waals surface area (Å²) in [4.78, 5) is 0. The van der Waals surface area contributed by atoms with Crippen LogP contribution in [0.2, 0.25) is 0 Å². The minimum Gasteiger partial charge on any atom is -0.393 e. The zero-order chi connectivity index (χ0) is 11.5. The van der Waals surface area contributed by atoms with Gasteiger partial charge in [-0.05, 0) is 44.2 Å². The second-order valence-corrected chi connectivity index (χ2v) is 5.03. The van der Waals surface area contributed by atoms with E-state index in [0.717, 1.165) is 19.3 Å². The number of hydrogen-bond donors (Lipinski definition) is 2. The molecule has 0 radical (unpaired) electrons. The standard InChI is InChI=1S/C14H21NO/c1-10(7-11(2)16)15-14-8-12-5-3-4-6-13(12)9-14/h3-6,10-11,14-16H,7-9H2,1-2H3. The highest BCUT2D eigenvalue weighted by Gasteiger charge is 2.22. The predicted octanol–water partition coefficient (Wildman–Crippen LogP) is 1.90. The van der Waals surface area contributed by atoms with Crippen LogP contribution in [0.25, 0.3) is 0 Å². The molecule has 2 unspecified atom stereocenters. The smallest absolute Gasteiger partial charge is 0.0526 e. The second kappa shape index (κ2) is 4.98. The minimum absolute atomic E-state index is 0.216. The zero-order valence-corrected chi connectivity index (χ0v) is 10.1. The van der Waals surface area contributed by atoms with E-state index in [0.29, 0.717) is 12.1 Å². The summed E-state index contributed by atoms with van der Waals surface area (Å²) in [6.07, 6.45) is 2.86. The quantitative estimate of drug-likeness (QED) is 0.810. The van der Waals surface area contributed by atoms with Crippen LogP contribution in [-0.4, -0.2) is 23.3 Å². The average molecular weight is 219 g/mol. The summed E-state index contributed by atoms with van der Waals surface area (Å²) in [6, 6.07) is 9.60. The molecule has 1 aromatic rings. The van der Waals surface area contributed by atoms with Crippen LogP contribution in [0, 0.1) is 0 Å². The molecular weight excluding hydrogens is 198 g/mol. The molecule has 0 aliphatic heterocycles. The summed E-state index contributed by atoms with van der Waals surface area (Å²) in [6.45, 7) is 4.00. The molecular formula is C14H21NO. The number of rotatable bonds is 4. The third-order valence-corrected chi connectivity index (χ3v) is 3.27. The summed E-state index contributed by atoms with van der Waals surface area (Å²) in [7, 11) is 0. The second-order valence-electron chi connectivity index (χ2n) is 5.03. The molecule has 16 heavy (non-hydrogen) atoms. The molecule has 0 fully saturated rings. The summed E-state index contributed by atoms with van der Waals surface area (Å²) in [5, 5.41) is 12.9. The van der Waals surface area contributed by atoms with Crippen molar-refractivity contribution in [2.75, 3.05) is 0 Å². The van der Waals surface area contributed by atoms with Gasteiger partial charge in [-0.25, -0.2) is 0 Å². The van der Waals surface area contributed by atoms with Gasteiger partial charge in [-0.2, -0.15) is 0 Å². The van der Waals surface area contributed by atoms with Crippen molar-refractivity contribution in [1.29, 1.82) is 0 Å². The van der Waals surface area contributed by atoms with E-state index in [-0.39, 0.29) is 6.10 Å². The van der Waals surface area contributed by atoms with Crippen LogP contribution in [0.5, 0.6) is 0 Å². The number of benzene rings is 1. The first-order valence-corrected chi connectivity index (χ1v) is 6.16. The zero-order valence-electron chi connectivity index (χ0n) is 10.1. The van der Waals surface area contributed by atoms with Gasteiger partial charge in [0.25, 0.3) is 0 Å². The Morgan fingerprint density at radius 2 is 1.81 bits per heavy atom. The van der Waals surface area contributed by atoms with Gasteiger partial charge < -0.3 is 10.4 Å². The molecule has 2 heteroatoms. The summed E-state index contributed by atoms with van der Waals surface area (Å²) in [5.41, 5.74) is 2.95. The van der Waals surface area contributed by atoms with Crippen LogP contribution >= 0.6 is 0 Å². The van der Waals surface area contributed by atoms with Crippen LogP contribution in [0.3, 0.4) is 0 Å². The van der Waals surface area contributed by atoms with Crippen molar-refractivity contribution in [2.24, 2.45) is 0 Å². The lowest BCUT2D eigenvalue weighted by Crippen LogP contribution is -2.38. The van der Waals surface area contributed by atoms with Crippen molar-refractivity contribution in [3.8, 4) is 0 Å². The van der Waals surface area contributed by atoms with E-state index in [1.165, 1.54) is 11.1 Å². The van der Waals surface area contributed by atoms with Gasteiger partial charge in [0.2, 0.25) is 0 Å². The maximum absolute atomic E-state index is 9.33. The van der Waals surface area contributed by atoms with E-state index in [4.69, 9.17) is 0 Å². The average Bonchev–Trinajstić information content (AvgIpc) is 2.57. The molecule has 2 nitrogen and oxygen atoms in total. The highest BCUT2D eigenvalue weighted by atomic mass is 16.3. The van der Waals surface area contributed by atoms with Crippen LogP contribution in [-0.2, 0) is 12.8 Å². The molecule has 0 saturated carbocycles. The van der Waals surface area contributed by atoms with Crippen molar-refractivity contribution in [1.82, 2.24) is 5.32 Å². The van der Waals surface area contributed by atoms with Gasteiger partial charge >= 0.3 is 0 Å². The van der Waals surface area contributed by atoms with Gasteiger partial charge in [-0.1, -0.05) is 24.3 Å². The highest BCUT2D eigenvalue weighted by molar-refractivity contribution is 5.33. The van der Waals surface area contributed by atoms with E-state index < -0.39 is 0 Å². The Hall–Kier alpha value is -0.860.